The predicted molar refractivity (Wildman–Crippen MR) is 139 cm³/mol. The van der Waals surface area contributed by atoms with Gasteiger partial charge in [0.05, 0.1) is 20.8 Å². The molecule has 1 aliphatic rings. The van der Waals surface area contributed by atoms with Crippen LogP contribution in [-0.2, 0) is 13.1 Å². The zero-order valence-electron chi connectivity index (χ0n) is 18.9. The Morgan fingerprint density at radius 2 is 1.61 bits per heavy atom. The highest BCUT2D eigenvalue weighted by atomic mass is 127. The molecule has 0 spiro atoms. The lowest BCUT2D eigenvalue weighted by molar-refractivity contribution is 0.134. The average Bonchev–Trinajstić information content (AvgIpc) is 2.72. The average molecular weight is 538 g/mol. The van der Waals surface area contributed by atoms with Crippen LogP contribution in [0.3, 0.4) is 0 Å². The van der Waals surface area contributed by atoms with Gasteiger partial charge in [-0.15, -0.1) is 24.0 Å². The molecular weight excluding hydrogens is 503 g/mol. The minimum absolute atomic E-state index is 0. The molecule has 1 saturated heterocycles. The fourth-order valence-corrected chi connectivity index (χ4v) is 4.21. The van der Waals surface area contributed by atoms with Crippen molar-refractivity contribution in [3.8, 4) is 11.5 Å². The van der Waals surface area contributed by atoms with E-state index in [0.717, 1.165) is 29.6 Å². The zero-order valence-corrected chi connectivity index (χ0v) is 21.3. The van der Waals surface area contributed by atoms with Gasteiger partial charge >= 0.3 is 0 Å². The van der Waals surface area contributed by atoms with Crippen LogP contribution in [0.5, 0.6) is 11.5 Å². The molecule has 0 aliphatic carbocycles. The van der Waals surface area contributed by atoms with Crippen LogP contribution in [0.15, 0.2) is 47.5 Å². The van der Waals surface area contributed by atoms with E-state index in [1.165, 1.54) is 25.1 Å². The molecule has 3 N–H and O–H groups in total. The fourth-order valence-electron chi connectivity index (χ4n) is 4.21. The molecule has 0 amide bonds. The molecule has 2 atom stereocenters. The number of guanidine groups is 1. The minimum Gasteiger partial charge on any atom is -0.493 e. The summed E-state index contributed by atoms with van der Waals surface area (Å²) in [6.07, 6.45) is 1.34. The molecule has 2 aromatic carbocycles. The summed E-state index contributed by atoms with van der Waals surface area (Å²) in [6.45, 7) is 8.63. The van der Waals surface area contributed by atoms with Gasteiger partial charge in [0.2, 0.25) is 0 Å². The van der Waals surface area contributed by atoms with Gasteiger partial charge in [-0.05, 0) is 41.5 Å². The highest BCUT2D eigenvalue weighted by Gasteiger charge is 2.21. The number of hydrogen-bond donors (Lipinski definition) is 2. The lowest BCUT2D eigenvalue weighted by Gasteiger charge is -2.35. The predicted octanol–water partition coefficient (Wildman–Crippen LogP) is 4.73. The van der Waals surface area contributed by atoms with Gasteiger partial charge in [0.1, 0.15) is 0 Å². The number of nitrogens with zero attached hydrogens (tertiary/aromatic N) is 2. The molecule has 170 valence electrons. The summed E-state index contributed by atoms with van der Waals surface area (Å²) in [7, 11) is 3.22. The zero-order chi connectivity index (χ0) is 21.5. The minimum atomic E-state index is 0. The summed E-state index contributed by atoms with van der Waals surface area (Å²) in [6, 6.07) is 14.2. The number of piperidine rings is 1. The second-order valence-electron chi connectivity index (χ2n) is 8.35. The first-order valence-electron chi connectivity index (χ1n) is 10.6. The van der Waals surface area contributed by atoms with Crippen molar-refractivity contribution in [2.75, 3.05) is 32.6 Å². The Morgan fingerprint density at radius 3 is 2.23 bits per heavy atom. The Bertz CT molecular complexity index is 847. The SMILES string of the molecule is COc1ccc(NC(N)=NCc2ccc(CN3CC(C)CC(C)C3)cc2)cc1OC.I. The van der Waals surface area contributed by atoms with E-state index < -0.39 is 0 Å². The normalized spacial score (nSPS) is 19.4. The maximum absolute atomic E-state index is 6.06. The van der Waals surface area contributed by atoms with Crippen LogP contribution >= 0.6 is 24.0 Å². The number of aliphatic imine (C=N–C) groups is 1. The van der Waals surface area contributed by atoms with E-state index >= 15 is 0 Å². The third kappa shape index (κ3) is 7.57. The van der Waals surface area contributed by atoms with Gasteiger partial charge < -0.3 is 20.5 Å². The molecular formula is C24H35IN4O2. The molecule has 2 unspecified atom stereocenters. The highest BCUT2D eigenvalue weighted by molar-refractivity contribution is 14.0. The molecule has 0 aromatic heterocycles. The maximum atomic E-state index is 6.06. The topological polar surface area (TPSA) is 72.1 Å². The van der Waals surface area contributed by atoms with Crippen molar-refractivity contribution in [2.45, 2.75) is 33.4 Å². The number of nitrogens with one attached hydrogen (secondary N) is 1. The Balaban J connectivity index is 0.00000341. The van der Waals surface area contributed by atoms with Crippen molar-refractivity contribution < 1.29 is 9.47 Å². The van der Waals surface area contributed by atoms with Crippen molar-refractivity contribution >= 4 is 35.6 Å². The monoisotopic (exact) mass is 538 g/mol. The largest absolute Gasteiger partial charge is 0.493 e. The van der Waals surface area contributed by atoms with E-state index in [4.69, 9.17) is 15.2 Å². The van der Waals surface area contributed by atoms with Gasteiger partial charge in [0, 0.05) is 31.4 Å². The maximum Gasteiger partial charge on any atom is 0.193 e. The highest BCUT2D eigenvalue weighted by Crippen LogP contribution is 2.29. The van der Waals surface area contributed by atoms with Crippen LogP contribution in [0.2, 0.25) is 0 Å². The number of ether oxygens (including phenoxy) is 2. The van der Waals surface area contributed by atoms with Gasteiger partial charge in [-0.25, -0.2) is 4.99 Å². The van der Waals surface area contributed by atoms with Gasteiger partial charge in [0.15, 0.2) is 17.5 Å². The molecule has 6 nitrogen and oxygen atoms in total. The van der Waals surface area contributed by atoms with Crippen LogP contribution in [0.1, 0.15) is 31.4 Å². The summed E-state index contributed by atoms with van der Waals surface area (Å²) in [5, 5.41) is 3.10. The van der Waals surface area contributed by atoms with E-state index in [2.05, 4.69) is 53.3 Å². The molecule has 0 radical (unpaired) electrons. The second kappa shape index (κ2) is 12.1. The summed E-state index contributed by atoms with van der Waals surface area (Å²) in [5.41, 5.74) is 9.34. The Morgan fingerprint density at radius 1 is 1.00 bits per heavy atom. The number of rotatable bonds is 7. The number of benzene rings is 2. The Labute approximate surface area is 203 Å². The third-order valence-electron chi connectivity index (χ3n) is 5.46. The van der Waals surface area contributed by atoms with Crippen LogP contribution in [0, 0.1) is 11.8 Å². The second-order valence-corrected chi connectivity index (χ2v) is 8.35. The van der Waals surface area contributed by atoms with Crippen molar-refractivity contribution in [1.82, 2.24) is 4.90 Å². The van der Waals surface area contributed by atoms with Gasteiger partial charge in [-0.1, -0.05) is 38.1 Å². The molecule has 2 aromatic rings. The van der Waals surface area contributed by atoms with Crippen molar-refractivity contribution in [3.63, 3.8) is 0 Å². The molecule has 7 heteroatoms. The number of methoxy groups -OCH3 is 2. The molecule has 0 saturated carbocycles. The standard InChI is InChI=1S/C24H34N4O2.HI/c1-17-11-18(2)15-28(14-17)16-20-7-5-19(6-8-20)13-26-24(25)27-21-9-10-22(29-3)23(12-21)30-4;/h5-10,12,17-18H,11,13-16H2,1-4H3,(H3,25,26,27);1H. The van der Waals surface area contributed by atoms with Crippen molar-refractivity contribution in [1.29, 1.82) is 0 Å². The van der Waals surface area contributed by atoms with Crippen LogP contribution < -0.4 is 20.5 Å². The van der Waals surface area contributed by atoms with Gasteiger partial charge in [-0.2, -0.15) is 0 Å². The van der Waals surface area contributed by atoms with Gasteiger partial charge in [-0.3, -0.25) is 4.90 Å². The molecule has 31 heavy (non-hydrogen) atoms. The number of nitrogens with two attached hydrogens (primary N) is 1. The number of likely N-dealkylation sites (tertiary alicyclic amines) is 1. The quantitative estimate of drug-likeness (QED) is 0.303. The molecule has 1 fully saturated rings. The number of halogens is 1. The third-order valence-corrected chi connectivity index (χ3v) is 5.46. The van der Waals surface area contributed by atoms with E-state index in [-0.39, 0.29) is 24.0 Å². The molecule has 1 aliphatic heterocycles. The lowest BCUT2D eigenvalue weighted by Crippen LogP contribution is -2.38. The fraction of sp³-hybridized carbons (Fsp3) is 0.458. The molecule has 3 rings (SSSR count). The van der Waals surface area contributed by atoms with Crippen LogP contribution in [0.25, 0.3) is 0 Å². The first-order chi connectivity index (χ1) is 14.5. The van der Waals surface area contributed by atoms with Crippen LogP contribution in [0.4, 0.5) is 5.69 Å². The number of hydrogen-bond acceptors (Lipinski definition) is 4. The van der Waals surface area contributed by atoms with E-state index in [9.17, 15) is 0 Å². The van der Waals surface area contributed by atoms with E-state index in [1.807, 2.05) is 18.2 Å². The van der Waals surface area contributed by atoms with Crippen LogP contribution in [-0.4, -0.2) is 38.2 Å². The number of anilines is 1. The summed E-state index contributed by atoms with van der Waals surface area (Å²) >= 11 is 0. The summed E-state index contributed by atoms with van der Waals surface area (Å²) < 4.78 is 10.6. The van der Waals surface area contributed by atoms with Crippen molar-refractivity contribution in [3.05, 3.63) is 53.6 Å². The first-order valence-corrected chi connectivity index (χ1v) is 10.6. The lowest BCUT2D eigenvalue weighted by atomic mass is 9.91. The molecule has 1 heterocycles. The Hall–Kier alpha value is -2.00. The first kappa shape index (κ1) is 25.3. The summed E-state index contributed by atoms with van der Waals surface area (Å²) in [4.78, 5) is 7.02. The smallest absolute Gasteiger partial charge is 0.193 e. The Kier molecular flexibility index (Phi) is 9.90. The van der Waals surface area contributed by atoms with Gasteiger partial charge in [0.25, 0.3) is 0 Å². The molecule has 0 bridgehead atoms. The summed E-state index contributed by atoms with van der Waals surface area (Å²) in [5.74, 6) is 3.24. The van der Waals surface area contributed by atoms with E-state index in [1.54, 1.807) is 14.2 Å². The van der Waals surface area contributed by atoms with Crippen molar-refractivity contribution in [2.24, 2.45) is 22.6 Å². The van der Waals surface area contributed by atoms with E-state index in [0.29, 0.717) is 24.0 Å².